The topological polar surface area (TPSA) is 65.7 Å². The molecule has 0 N–H and O–H groups in total. The number of furan rings is 2. The van der Waals surface area contributed by atoms with Gasteiger partial charge in [-0.15, -0.1) is 0 Å². The lowest BCUT2D eigenvalue weighted by Gasteiger charge is -2.07. The van der Waals surface area contributed by atoms with E-state index < -0.39 is 5.63 Å². The fourth-order valence-electron chi connectivity index (χ4n) is 3.38. The lowest BCUT2D eigenvalue weighted by atomic mass is 10.0. The largest absolute Gasteiger partial charge is 0.497 e. The smallest absolute Gasteiger partial charge is 0.336 e. The van der Waals surface area contributed by atoms with Crippen LogP contribution in [0.1, 0.15) is 0 Å². The summed E-state index contributed by atoms with van der Waals surface area (Å²) >= 11 is 6.21. The molecule has 2 aromatic carbocycles. The maximum Gasteiger partial charge on any atom is 0.336 e. The van der Waals surface area contributed by atoms with Crippen LogP contribution in [0, 0.1) is 0 Å². The van der Waals surface area contributed by atoms with Gasteiger partial charge in [0, 0.05) is 27.4 Å². The number of fused-ring (bicyclic) bond motifs is 2. The Morgan fingerprint density at radius 1 is 0.929 bits per heavy atom. The zero-order valence-corrected chi connectivity index (χ0v) is 15.4. The Hall–Kier alpha value is -3.44. The minimum absolute atomic E-state index is 0.437. The highest BCUT2D eigenvalue weighted by molar-refractivity contribution is 6.31. The van der Waals surface area contributed by atoms with Crippen molar-refractivity contribution in [1.29, 1.82) is 0 Å². The molecule has 0 radical (unpaired) electrons. The van der Waals surface area contributed by atoms with E-state index in [9.17, 15) is 4.79 Å². The molecule has 0 aliphatic carbocycles. The van der Waals surface area contributed by atoms with E-state index in [0.717, 1.165) is 10.9 Å². The molecule has 5 nitrogen and oxygen atoms in total. The quantitative estimate of drug-likeness (QED) is 0.345. The molecular weight excluding hydrogens is 380 g/mol. The van der Waals surface area contributed by atoms with Crippen molar-refractivity contribution in [2.75, 3.05) is 7.11 Å². The summed E-state index contributed by atoms with van der Waals surface area (Å²) in [6, 6.07) is 15.6. The van der Waals surface area contributed by atoms with Gasteiger partial charge in [-0.05, 0) is 48.5 Å². The molecule has 0 spiro atoms. The molecule has 3 heterocycles. The molecule has 0 aliphatic heterocycles. The summed E-state index contributed by atoms with van der Waals surface area (Å²) in [5, 5.41) is 2.06. The van der Waals surface area contributed by atoms with Crippen LogP contribution in [0.15, 0.2) is 78.9 Å². The maximum absolute atomic E-state index is 12.2. The van der Waals surface area contributed by atoms with Crippen LogP contribution in [-0.4, -0.2) is 7.11 Å². The third-order valence-corrected chi connectivity index (χ3v) is 4.85. The van der Waals surface area contributed by atoms with Crippen LogP contribution < -0.4 is 10.4 Å². The summed E-state index contributed by atoms with van der Waals surface area (Å²) < 4.78 is 22.5. The van der Waals surface area contributed by atoms with Gasteiger partial charge in [-0.3, -0.25) is 0 Å². The third-order valence-electron chi connectivity index (χ3n) is 4.61. The maximum atomic E-state index is 12.2. The normalized spacial score (nSPS) is 11.4. The molecule has 0 bridgehead atoms. The third kappa shape index (κ3) is 2.60. The summed E-state index contributed by atoms with van der Waals surface area (Å²) in [4.78, 5) is 12.2. The molecule has 5 rings (SSSR count). The molecule has 5 aromatic rings. The highest BCUT2D eigenvalue weighted by Crippen LogP contribution is 2.43. The Morgan fingerprint density at radius 2 is 1.75 bits per heavy atom. The van der Waals surface area contributed by atoms with Crippen molar-refractivity contribution >= 4 is 33.5 Å². The lowest BCUT2D eigenvalue weighted by molar-refractivity contribution is 0.415. The fraction of sp³-hybridized carbons (Fsp3) is 0.0455. The van der Waals surface area contributed by atoms with Gasteiger partial charge < -0.3 is 18.0 Å². The van der Waals surface area contributed by atoms with Crippen molar-refractivity contribution < 1.29 is 18.0 Å². The van der Waals surface area contributed by atoms with Crippen LogP contribution in [0.25, 0.3) is 44.6 Å². The number of hydrogen-bond donors (Lipinski definition) is 0. The van der Waals surface area contributed by atoms with Gasteiger partial charge in [-0.1, -0.05) is 11.6 Å². The van der Waals surface area contributed by atoms with Gasteiger partial charge >= 0.3 is 5.63 Å². The van der Waals surface area contributed by atoms with Gasteiger partial charge in [-0.2, -0.15) is 0 Å². The van der Waals surface area contributed by atoms with E-state index in [4.69, 9.17) is 29.6 Å². The molecule has 0 saturated heterocycles. The van der Waals surface area contributed by atoms with E-state index in [1.54, 1.807) is 49.8 Å². The van der Waals surface area contributed by atoms with Crippen molar-refractivity contribution in [2.24, 2.45) is 0 Å². The van der Waals surface area contributed by atoms with Crippen LogP contribution in [0.2, 0.25) is 5.02 Å². The zero-order chi connectivity index (χ0) is 19.3. The number of halogens is 1. The summed E-state index contributed by atoms with van der Waals surface area (Å²) in [7, 11) is 1.58. The van der Waals surface area contributed by atoms with Gasteiger partial charge in [0.2, 0.25) is 0 Å². The molecule has 3 aromatic heterocycles. The predicted octanol–water partition coefficient (Wildman–Crippen LogP) is 6.13. The average molecular weight is 393 g/mol. The molecule has 0 aliphatic rings. The van der Waals surface area contributed by atoms with E-state index in [0.29, 0.717) is 44.4 Å². The van der Waals surface area contributed by atoms with Crippen LogP contribution in [-0.2, 0) is 0 Å². The standard InChI is InChI=1S/C22H13ClO5/c1-25-13-5-7-17-14(10-13)15(11-20(24)27-17)22-21(19-3-2-8-26-19)16-9-12(23)4-6-18(16)28-22/h2-11H,1H3. The van der Waals surface area contributed by atoms with E-state index in [1.807, 2.05) is 12.1 Å². The minimum Gasteiger partial charge on any atom is -0.497 e. The van der Waals surface area contributed by atoms with Crippen molar-refractivity contribution in [1.82, 2.24) is 0 Å². The van der Waals surface area contributed by atoms with Gasteiger partial charge in [0.15, 0.2) is 0 Å². The predicted molar refractivity (Wildman–Crippen MR) is 107 cm³/mol. The summed E-state index contributed by atoms with van der Waals surface area (Å²) in [6.45, 7) is 0. The molecule has 28 heavy (non-hydrogen) atoms. The molecule has 6 heteroatoms. The van der Waals surface area contributed by atoms with Crippen LogP contribution in [0.4, 0.5) is 0 Å². The van der Waals surface area contributed by atoms with E-state index in [-0.39, 0.29) is 0 Å². The van der Waals surface area contributed by atoms with Gasteiger partial charge in [0.25, 0.3) is 0 Å². The van der Waals surface area contributed by atoms with Crippen LogP contribution in [0.5, 0.6) is 5.75 Å². The van der Waals surface area contributed by atoms with Gasteiger partial charge in [0.1, 0.15) is 28.4 Å². The summed E-state index contributed by atoms with van der Waals surface area (Å²) in [5.41, 5.74) is 1.90. The molecule has 0 atom stereocenters. The molecule has 0 saturated carbocycles. The number of ether oxygens (including phenoxy) is 1. The van der Waals surface area contributed by atoms with Crippen LogP contribution in [0.3, 0.4) is 0 Å². The zero-order valence-electron chi connectivity index (χ0n) is 14.7. The number of methoxy groups -OCH3 is 1. The first-order valence-corrected chi connectivity index (χ1v) is 8.90. The van der Waals surface area contributed by atoms with E-state index in [2.05, 4.69) is 0 Å². The van der Waals surface area contributed by atoms with Crippen molar-refractivity contribution in [3.05, 3.63) is 76.3 Å². The highest BCUT2D eigenvalue weighted by atomic mass is 35.5. The Balaban J connectivity index is 1.92. The fourth-order valence-corrected chi connectivity index (χ4v) is 3.55. The first-order valence-electron chi connectivity index (χ1n) is 8.52. The minimum atomic E-state index is -0.475. The van der Waals surface area contributed by atoms with Gasteiger partial charge in [0.05, 0.1) is 18.9 Å². The Kier molecular flexibility index (Phi) is 3.77. The molecular formula is C22H13ClO5. The van der Waals surface area contributed by atoms with Crippen molar-refractivity contribution in [3.8, 4) is 28.4 Å². The second-order valence-corrected chi connectivity index (χ2v) is 6.70. The number of rotatable bonds is 3. The van der Waals surface area contributed by atoms with E-state index >= 15 is 0 Å². The summed E-state index contributed by atoms with van der Waals surface area (Å²) in [5.74, 6) is 1.75. The Labute approximate surface area is 163 Å². The van der Waals surface area contributed by atoms with Crippen molar-refractivity contribution in [2.45, 2.75) is 0 Å². The number of hydrogen-bond acceptors (Lipinski definition) is 5. The average Bonchev–Trinajstić information content (AvgIpc) is 3.34. The second-order valence-electron chi connectivity index (χ2n) is 6.27. The Morgan fingerprint density at radius 3 is 2.54 bits per heavy atom. The SMILES string of the molecule is COc1ccc2oc(=O)cc(-c3oc4ccc(Cl)cc4c3-c3ccco3)c2c1. The molecule has 0 fully saturated rings. The second kappa shape index (κ2) is 6.32. The van der Waals surface area contributed by atoms with Crippen molar-refractivity contribution in [3.63, 3.8) is 0 Å². The molecule has 0 amide bonds. The monoisotopic (exact) mass is 392 g/mol. The number of benzene rings is 2. The summed E-state index contributed by atoms with van der Waals surface area (Å²) in [6.07, 6.45) is 1.59. The Bertz CT molecular complexity index is 1380. The molecule has 0 unspecified atom stereocenters. The van der Waals surface area contributed by atoms with Gasteiger partial charge in [-0.25, -0.2) is 4.79 Å². The first-order chi connectivity index (χ1) is 13.6. The highest BCUT2D eigenvalue weighted by Gasteiger charge is 2.22. The first kappa shape index (κ1) is 16.7. The lowest BCUT2D eigenvalue weighted by Crippen LogP contribution is -1.98. The van der Waals surface area contributed by atoms with Crippen LogP contribution >= 0.6 is 11.6 Å². The molecule has 138 valence electrons. The van der Waals surface area contributed by atoms with E-state index in [1.165, 1.54) is 6.07 Å².